The molecule has 0 spiro atoms. The number of alkyl halides is 3. The zero-order chi connectivity index (χ0) is 12.3. The lowest BCUT2D eigenvalue weighted by atomic mass is 10.0. The zero-order valence-corrected chi connectivity index (χ0v) is 8.56. The maximum absolute atomic E-state index is 12.5. The standard InChI is InChI=1S/C10H11F3N2O/c1-6-7(5-15-9(14)16)3-2-4-8(6)10(11,12)13/h2-4H,5H2,1H3,(H3,14,15,16). The summed E-state index contributed by atoms with van der Waals surface area (Å²) in [5.74, 6) is 0. The van der Waals surface area contributed by atoms with Crippen LogP contribution in [-0.2, 0) is 12.7 Å². The number of hydrogen-bond acceptors (Lipinski definition) is 1. The van der Waals surface area contributed by atoms with Crippen LogP contribution in [0, 0.1) is 6.92 Å². The Morgan fingerprint density at radius 1 is 1.44 bits per heavy atom. The minimum Gasteiger partial charge on any atom is -0.352 e. The van der Waals surface area contributed by atoms with Crippen molar-refractivity contribution in [3.8, 4) is 0 Å². The average Bonchev–Trinajstić information content (AvgIpc) is 2.14. The Kier molecular flexibility index (Phi) is 3.41. The van der Waals surface area contributed by atoms with E-state index >= 15 is 0 Å². The fraction of sp³-hybridized carbons (Fsp3) is 0.300. The number of benzene rings is 1. The van der Waals surface area contributed by atoms with Crippen LogP contribution in [0.2, 0.25) is 0 Å². The molecule has 0 fully saturated rings. The lowest BCUT2D eigenvalue weighted by Crippen LogP contribution is -2.29. The molecule has 1 rings (SSSR count). The molecule has 0 bridgehead atoms. The first-order valence-corrected chi connectivity index (χ1v) is 4.51. The van der Waals surface area contributed by atoms with Crippen LogP contribution in [0.1, 0.15) is 16.7 Å². The van der Waals surface area contributed by atoms with E-state index in [9.17, 15) is 18.0 Å². The van der Waals surface area contributed by atoms with Gasteiger partial charge < -0.3 is 11.1 Å². The third-order valence-electron chi connectivity index (χ3n) is 2.20. The number of nitrogens with two attached hydrogens (primary N) is 1. The zero-order valence-electron chi connectivity index (χ0n) is 8.56. The van der Waals surface area contributed by atoms with Gasteiger partial charge in [-0.15, -0.1) is 0 Å². The SMILES string of the molecule is Cc1c(CNC(N)=O)cccc1C(F)(F)F. The largest absolute Gasteiger partial charge is 0.416 e. The molecule has 16 heavy (non-hydrogen) atoms. The first-order valence-electron chi connectivity index (χ1n) is 4.51. The van der Waals surface area contributed by atoms with E-state index in [-0.39, 0.29) is 12.1 Å². The van der Waals surface area contributed by atoms with E-state index in [1.54, 1.807) is 0 Å². The molecule has 0 aliphatic rings. The smallest absolute Gasteiger partial charge is 0.352 e. The van der Waals surface area contributed by atoms with E-state index < -0.39 is 17.8 Å². The van der Waals surface area contributed by atoms with Crippen molar-refractivity contribution in [3.63, 3.8) is 0 Å². The van der Waals surface area contributed by atoms with Crippen molar-refractivity contribution in [2.75, 3.05) is 0 Å². The van der Waals surface area contributed by atoms with Gasteiger partial charge in [0.05, 0.1) is 5.56 Å². The van der Waals surface area contributed by atoms with E-state index in [4.69, 9.17) is 5.73 Å². The van der Waals surface area contributed by atoms with Crippen molar-refractivity contribution >= 4 is 6.03 Å². The number of nitrogens with one attached hydrogen (secondary N) is 1. The van der Waals surface area contributed by atoms with E-state index in [0.717, 1.165) is 6.07 Å². The van der Waals surface area contributed by atoms with E-state index in [1.807, 2.05) is 0 Å². The number of hydrogen-bond donors (Lipinski definition) is 2. The van der Waals surface area contributed by atoms with E-state index in [0.29, 0.717) is 5.56 Å². The molecule has 3 N–H and O–H groups in total. The fourth-order valence-corrected chi connectivity index (χ4v) is 1.36. The molecule has 0 aliphatic carbocycles. The summed E-state index contributed by atoms with van der Waals surface area (Å²) in [6, 6.07) is 3.05. The average molecular weight is 232 g/mol. The Balaban J connectivity index is 3.00. The molecule has 1 aromatic rings. The van der Waals surface area contributed by atoms with Crippen LogP contribution in [0.15, 0.2) is 18.2 Å². The number of rotatable bonds is 2. The molecular formula is C10H11F3N2O. The van der Waals surface area contributed by atoms with Gasteiger partial charge in [0.2, 0.25) is 0 Å². The molecule has 0 heterocycles. The van der Waals surface area contributed by atoms with Crippen molar-refractivity contribution in [2.45, 2.75) is 19.6 Å². The fourth-order valence-electron chi connectivity index (χ4n) is 1.36. The molecule has 3 nitrogen and oxygen atoms in total. The Bertz CT molecular complexity index is 402. The molecule has 2 amide bonds. The Hall–Kier alpha value is -1.72. The normalized spacial score (nSPS) is 11.2. The molecule has 1 aromatic carbocycles. The summed E-state index contributed by atoms with van der Waals surface area (Å²) in [4.78, 5) is 10.5. The summed E-state index contributed by atoms with van der Waals surface area (Å²) in [5, 5.41) is 2.25. The third kappa shape index (κ3) is 2.88. The number of carbonyl (C=O) groups is 1. The highest BCUT2D eigenvalue weighted by atomic mass is 19.4. The molecule has 0 aromatic heterocycles. The maximum atomic E-state index is 12.5. The monoisotopic (exact) mass is 232 g/mol. The van der Waals surface area contributed by atoms with Crippen molar-refractivity contribution in [1.29, 1.82) is 0 Å². The second-order valence-electron chi connectivity index (χ2n) is 3.31. The molecule has 0 atom stereocenters. The summed E-state index contributed by atoms with van der Waals surface area (Å²) in [6.45, 7) is 1.35. The van der Waals surface area contributed by atoms with Gasteiger partial charge in [0, 0.05) is 6.54 Å². The van der Waals surface area contributed by atoms with Crippen LogP contribution in [0.5, 0.6) is 0 Å². The minimum absolute atomic E-state index is 0.00884. The van der Waals surface area contributed by atoms with Gasteiger partial charge in [-0.3, -0.25) is 0 Å². The molecule has 0 saturated carbocycles. The van der Waals surface area contributed by atoms with E-state index in [2.05, 4.69) is 5.32 Å². The second-order valence-corrected chi connectivity index (χ2v) is 3.31. The van der Waals surface area contributed by atoms with Gasteiger partial charge >= 0.3 is 12.2 Å². The lowest BCUT2D eigenvalue weighted by Gasteiger charge is -2.13. The van der Waals surface area contributed by atoms with Crippen LogP contribution in [0.25, 0.3) is 0 Å². The number of amides is 2. The van der Waals surface area contributed by atoms with Gasteiger partial charge in [-0.25, -0.2) is 4.79 Å². The number of halogens is 3. The van der Waals surface area contributed by atoms with Gasteiger partial charge in [0.25, 0.3) is 0 Å². The summed E-state index contributed by atoms with van der Waals surface area (Å²) >= 11 is 0. The van der Waals surface area contributed by atoms with Crippen molar-refractivity contribution in [3.05, 3.63) is 34.9 Å². The minimum atomic E-state index is -4.38. The van der Waals surface area contributed by atoms with E-state index in [1.165, 1.54) is 19.1 Å². The molecule has 0 unspecified atom stereocenters. The van der Waals surface area contributed by atoms with Gasteiger partial charge in [-0.05, 0) is 24.1 Å². The molecule has 0 radical (unpaired) electrons. The highest BCUT2D eigenvalue weighted by Gasteiger charge is 2.32. The molecule has 0 saturated heterocycles. The van der Waals surface area contributed by atoms with Crippen LogP contribution in [0.4, 0.5) is 18.0 Å². The van der Waals surface area contributed by atoms with Gasteiger partial charge in [-0.2, -0.15) is 13.2 Å². The van der Waals surface area contributed by atoms with Crippen LogP contribution < -0.4 is 11.1 Å². The van der Waals surface area contributed by atoms with Crippen molar-refractivity contribution < 1.29 is 18.0 Å². The van der Waals surface area contributed by atoms with Gasteiger partial charge in [0.1, 0.15) is 0 Å². The Morgan fingerprint density at radius 3 is 2.56 bits per heavy atom. The number of primary amides is 1. The Labute approximate surface area is 90.4 Å². The van der Waals surface area contributed by atoms with Gasteiger partial charge in [0.15, 0.2) is 0 Å². The summed E-state index contributed by atoms with van der Waals surface area (Å²) in [6.07, 6.45) is -4.38. The Morgan fingerprint density at radius 2 is 2.06 bits per heavy atom. The van der Waals surface area contributed by atoms with Crippen LogP contribution in [-0.4, -0.2) is 6.03 Å². The second kappa shape index (κ2) is 4.42. The predicted octanol–water partition coefficient (Wildman–Crippen LogP) is 2.18. The van der Waals surface area contributed by atoms with Gasteiger partial charge in [-0.1, -0.05) is 12.1 Å². The topological polar surface area (TPSA) is 55.1 Å². The first-order chi connectivity index (χ1) is 7.32. The number of carbonyl (C=O) groups excluding carboxylic acids is 1. The van der Waals surface area contributed by atoms with Crippen molar-refractivity contribution in [2.24, 2.45) is 5.73 Å². The third-order valence-corrected chi connectivity index (χ3v) is 2.20. The predicted molar refractivity (Wildman–Crippen MR) is 52.6 cm³/mol. The lowest BCUT2D eigenvalue weighted by molar-refractivity contribution is -0.138. The highest BCUT2D eigenvalue weighted by molar-refractivity contribution is 5.71. The van der Waals surface area contributed by atoms with Crippen LogP contribution >= 0.6 is 0 Å². The summed E-state index contributed by atoms with van der Waals surface area (Å²) in [7, 11) is 0. The number of urea groups is 1. The van der Waals surface area contributed by atoms with Crippen molar-refractivity contribution in [1.82, 2.24) is 5.32 Å². The molecule has 88 valence electrons. The molecular weight excluding hydrogens is 221 g/mol. The maximum Gasteiger partial charge on any atom is 0.416 e. The summed E-state index contributed by atoms with van der Waals surface area (Å²) < 4.78 is 37.5. The quantitative estimate of drug-likeness (QED) is 0.806. The summed E-state index contributed by atoms with van der Waals surface area (Å²) in [5.41, 5.74) is 4.64. The first kappa shape index (κ1) is 12.4. The molecule has 0 aliphatic heterocycles. The van der Waals surface area contributed by atoms with Crippen LogP contribution in [0.3, 0.4) is 0 Å². The molecule has 6 heteroatoms. The highest BCUT2D eigenvalue weighted by Crippen LogP contribution is 2.32.